The van der Waals surface area contributed by atoms with Crippen molar-refractivity contribution in [1.82, 2.24) is 0 Å². The Kier molecular flexibility index (Phi) is 6.02. The highest BCUT2D eigenvalue weighted by molar-refractivity contribution is 9.10. The van der Waals surface area contributed by atoms with Gasteiger partial charge in [-0.2, -0.15) is 0 Å². The Bertz CT molecular complexity index is 393. The summed E-state index contributed by atoms with van der Waals surface area (Å²) in [4.78, 5) is 12.2. The average molecular weight is 319 g/mol. The van der Waals surface area contributed by atoms with Crippen LogP contribution in [-0.2, 0) is 9.53 Å². The first kappa shape index (κ1) is 14.5. The number of thioether (sulfide) groups is 1. The van der Waals surface area contributed by atoms with Crippen LogP contribution in [0.4, 0.5) is 0 Å². The van der Waals surface area contributed by atoms with E-state index in [9.17, 15) is 9.90 Å². The molecular formula is C12H15BrO3S. The first-order chi connectivity index (χ1) is 8.04. The third kappa shape index (κ3) is 4.69. The van der Waals surface area contributed by atoms with E-state index < -0.39 is 6.10 Å². The van der Waals surface area contributed by atoms with E-state index >= 15 is 0 Å². The first-order valence-electron chi connectivity index (χ1n) is 5.30. The minimum absolute atomic E-state index is 0.219. The third-order valence-corrected chi connectivity index (χ3v) is 4.05. The standard InChI is InChI=1S/C12H15BrO3S/c1-3-16-12(15)7-17-11-5-4-9(8(2)14)6-10(11)13/h4-6,8,14H,3,7H2,1-2H3. The summed E-state index contributed by atoms with van der Waals surface area (Å²) < 4.78 is 5.73. The van der Waals surface area contributed by atoms with Crippen molar-refractivity contribution in [3.05, 3.63) is 28.2 Å². The molecule has 0 spiro atoms. The number of carbonyl (C=O) groups excluding carboxylic acids is 1. The monoisotopic (exact) mass is 318 g/mol. The van der Waals surface area contributed by atoms with Crippen molar-refractivity contribution >= 4 is 33.7 Å². The van der Waals surface area contributed by atoms with E-state index in [2.05, 4.69) is 15.9 Å². The number of aliphatic hydroxyl groups excluding tert-OH is 1. The molecule has 1 atom stereocenters. The summed E-state index contributed by atoms with van der Waals surface area (Å²) in [5.41, 5.74) is 0.845. The molecule has 0 aliphatic heterocycles. The second kappa shape index (κ2) is 7.03. The Morgan fingerprint density at radius 1 is 1.59 bits per heavy atom. The van der Waals surface area contributed by atoms with Crippen LogP contribution < -0.4 is 0 Å². The van der Waals surface area contributed by atoms with E-state index in [-0.39, 0.29) is 5.97 Å². The summed E-state index contributed by atoms with van der Waals surface area (Å²) in [5, 5.41) is 9.43. The van der Waals surface area contributed by atoms with Gasteiger partial charge in [0.15, 0.2) is 0 Å². The zero-order valence-electron chi connectivity index (χ0n) is 9.77. The van der Waals surface area contributed by atoms with E-state index in [4.69, 9.17) is 4.74 Å². The molecule has 0 amide bonds. The molecule has 5 heteroatoms. The Morgan fingerprint density at radius 3 is 2.82 bits per heavy atom. The van der Waals surface area contributed by atoms with Gasteiger partial charge in [-0.3, -0.25) is 4.79 Å². The second-order valence-electron chi connectivity index (χ2n) is 3.46. The lowest BCUT2D eigenvalue weighted by Crippen LogP contribution is -2.06. The number of rotatable bonds is 5. The van der Waals surface area contributed by atoms with E-state index in [0.29, 0.717) is 12.4 Å². The van der Waals surface area contributed by atoms with Gasteiger partial charge in [0.25, 0.3) is 0 Å². The van der Waals surface area contributed by atoms with E-state index in [1.54, 1.807) is 13.8 Å². The van der Waals surface area contributed by atoms with Crippen molar-refractivity contribution in [3.63, 3.8) is 0 Å². The Labute approximate surface area is 114 Å². The molecule has 0 bridgehead atoms. The molecule has 0 heterocycles. The fraction of sp³-hybridized carbons (Fsp3) is 0.417. The van der Waals surface area contributed by atoms with Crippen molar-refractivity contribution in [3.8, 4) is 0 Å². The van der Waals surface area contributed by atoms with Crippen LogP contribution in [0.15, 0.2) is 27.6 Å². The number of halogens is 1. The lowest BCUT2D eigenvalue weighted by atomic mass is 10.1. The SMILES string of the molecule is CCOC(=O)CSc1ccc(C(C)O)cc1Br. The third-order valence-electron chi connectivity index (χ3n) is 2.09. The molecule has 0 saturated heterocycles. The van der Waals surface area contributed by atoms with Crippen LogP contribution in [0, 0.1) is 0 Å². The van der Waals surface area contributed by atoms with Crippen LogP contribution in [0.2, 0.25) is 0 Å². The second-order valence-corrected chi connectivity index (χ2v) is 5.33. The van der Waals surface area contributed by atoms with Gasteiger partial charge >= 0.3 is 5.97 Å². The smallest absolute Gasteiger partial charge is 0.316 e. The summed E-state index contributed by atoms with van der Waals surface area (Å²) >= 11 is 4.83. The Balaban J connectivity index is 2.63. The average Bonchev–Trinajstić information content (AvgIpc) is 2.27. The number of hydrogen-bond acceptors (Lipinski definition) is 4. The van der Waals surface area contributed by atoms with Crippen LogP contribution in [-0.4, -0.2) is 23.4 Å². The molecule has 0 saturated carbocycles. The highest BCUT2D eigenvalue weighted by Gasteiger charge is 2.08. The number of hydrogen-bond donors (Lipinski definition) is 1. The molecule has 17 heavy (non-hydrogen) atoms. The van der Waals surface area contributed by atoms with Crippen LogP contribution in [0.5, 0.6) is 0 Å². The fourth-order valence-electron chi connectivity index (χ4n) is 1.23. The topological polar surface area (TPSA) is 46.5 Å². The maximum atomic E-state index is 11.2. The molecule has 1 unspecified atom stereocenters. The van der Waals surface area contributed by atoms with Gasteiger partial charge in [-0.05, 0) is 47.5 Å². The molecule has 94 valence electrons. The van der Waals surface area contributed by atoms with Crippen molar-refractivity contribution in [2.45, 2.75) is 24.8 Å². The molecule has 1 rings (SSSR count). The van der Waals surface area contributed by atoms with E-state index in [1.165, 1.54) is 11.8 Å². The molecule has 0 radical (unpaired) electrons. The number of carbonyl (C=O) groups is 1. The molecule has 1 aromatic rings. The number of aliphatic hydroxyl groups is 1. The molecule has 3 nitrogen and oxygen atoms in total. The largest absolute Gasteiger partial charge is 0.465 e. The lowest BCUT2D eigenvalue weighted by molar-refractivity contribution is -0.139. The maximum absolute atomic E-state index is 11.2. The fourth-order valence-corrected chi connectivity index (χ4v) is 2.69. The molecule has 0 aliphatic rings. The lowest BCUT2D eigenvalue weighted by Gasteiger charge is -2.08. The van der Waals surface area contributed by atoms with Crippen molar-refractivity contribution in [2.75, 3.05) is 12.4 Å². The Morgan fingerprint density at radius 2 is 2.29 bits per heavy atom. The molecule has 0 fully saturated rings. The van der Waals surface area contributed by atoms with Gasteiger partial charge in [0.05, 0.1) is 18.5 Å². The van der Waals surface area contributed by atoms with Gasteiger partial charge in [-0.25, -0.2) is 0 Å². The van der Waals surface area contributed by atoms with Crippen LogP contribution in [0.1, 0.15) is 25.5 Å². The number of ether oxygens (including phenoxy) is 1. The summed E-state index contributed by atoms with van der Waals surface area (Å²) in [5.74, 6) is 0.0736. The van der Waals surface area contributed by atoms with Crippen molar-refractivity contribution in [2.24, 2.45) is 0 Å². The summed E-state index contributed by atoms with van der Waals surface area (Å²) in [6.07, 6.45) is -0.490. The molecule has 0 aliphatic carbocycles. The highest BCUT2D eigenvalue weighted by Crippen LogP contribution is 2.30. The Hall–Kier alpha value is -0.520. The highest BCUT2D eigenvalue weighted by atomic mass is 79.9. The van der Waals surface area contributed by atoms with Gasteiger partial charge in [-0.1, -0.05) is 6.07 Å². The zero-order valence-corrected chi connectivity index (χ0v) is 12.2. The van der Waals surface area contributed by atoms with Crippen LogP contribution in [0.3, 0.4) is 0 Å². The summed E-state index contributed by atoms with van der Waals surface area (Å²) in [6.45, 7) is 3.91. The minimum Gasteiger partial charge on any atom is -0.465 e. The van der Waals surface area contributed by atoms with E-state index in [1.807, 2.05) is 18.2 Å². The summed E-state index contributed by atoms with van der Waals surface area (Å²) in [6, 6.07) is 5.59. The van der Waals surface area contributed by atoms with Gasteiger partial charge in [0.1, 0.15) is 0 Å². The zero-order chi connectivity index (χ0) is 12.8. The normalized spacial score (nSPS) is 12.2. The van der Waals surface area contributed by atoms with Crippen LogP contribution >= 0.6 is 27.7 Å². The van der Waals surface area contributed by atoms with Gasteiger partial charge < -0.3 is 9.84 Å². The van der Waals surface area contributed by atoms with Crippen molar-refractivity contribution < 1.29 is 14.6 Å². The maximum Gasteiger partial charge on any atom is 0.316 e. The van der Waals surface area contributed by atoms with Gasteiger partial charge in [-0.15, -0.1) is 11.8 Å². The van der Waals surface area contributed by atoms with Crippen molar-refractivity contribution in [1.29, 1.82) is 0 Å². The summed E-state index contributed by atoms with van der Waals surface area (Å²) in [7, 11) is 0. The molecule has 1 N–H and O–H groups in total. The molecular weight excluding hydrogens is 304 g/mol. The number of esters is 1. The van der Waals surface area contributed by atoms with Gasteiger partial charge in [0.2, 0.25) is 0 Å². The van der Waals surface area contributed by atoms with Crippen LogP contribution in [0.25, 0.3) is 0 Å². The molecule has 0 aromatic heterocycles. The first-order valence-corrected chi connectivity index (χ1v) is 7.08. The minimum atomic E-state index is -0.490. The van der Waals surface area contributed by atoms with Gasteiger partial charge in [0, 0.05) is 9.37 Å². The molecule has 1 aromatic carbocycles. The number of benzene rings is 1. The predicted octanol–water partition coefficient (Wildman–Crippen LogP) is 3.16. The van der Waals surface area contributed by atoms with E-state index in [0.717, 1.165) is 14.9 Å². The predicted molar refractivity (Wildman–Crippen MR) is 72.1 cm³/mol. The quantitative estimate of drug-likeness (QED) is 0.669.